The second-order valence-corrected chi connectivity index (χ2v) is 5.16. The topological polar surface area (TPSA) is 59.3 Å². The first-order chi connectivity index (χ1) is 10.6. The first-order valence-corrected chi connectivity index (χ1v) is 7.58. The van der Waals surface area contributed by atoms with E-state index in [2.05, 4.69) is 5.32 Å². The summed E-state index contributed by atoms with van der Waals surface area (Å²) in [6, 6.07) is 11.4. The lowest BCUT2D eigenvalue weighted by atomic mass is 9.96. The minimum Gasteiger partial charge on any atom is -0.456 e. The summed E-state index contributed by atoms with van der Waals surface area (Å²) in [6.07, 6.45) is 0.349. The normalized spacial score (nSPS) is 12.0. The largest absolute Gasteiger partial charge is 0.456 e. The summed E-state index contributed by atoms with van der Waals surface area (Å²) in [5, 5.41) is 2.77. The maximum atomic E-state index is 12.2. The number of amides is 1. The summed E-state index contributed by atoms with van der Waals surface area (Å²) in [6.45, 7) is 6.13. The van der Waals surface area contributed by atoms with Crippen molar-refractivity contribution < 1.29 is 14.0 Å². The van der Waals surface area contributed by atoms with Crippen LogP contribution >= 0.6 is 0 Å². The number of ketones is 1. The fraction of sp³-hybridized carbons (Fsp3) is 0.333. The predicted octanol–water partition coefficient (Wildman–Crippen LogP) is 3.77. The minimum atomic E-state index is -0.209. The highest BCUT2D eigenvalue weighted by Gasteiger charge is 2.24. The first kappa shape index (κ1) is 16.0. The number of carbonyl (C=O) groups is 2. The zero-order chi connectivity index (χ0) is 16.1. The molecule has 1 amide bonds. The molecule has 1 N–H and O–H groups in total. The van der Waals surface area contributed by atoms with E-state index in [1.807, 2.05) is 44.2 Å². The van der Waals surface area contributed by atoms with Crippen LogP contribution < -0.4 is 5.32 Å². The van der Waals surface area contributed by atoms with Crippen molar-refractivity contribution in [2.75, 3.05) is 6.54 Å². The van der Waals surface area contributed by atoms with Crippen molar-refractivity contribution in [3.05, 3.63) is 59.0 Å². The molecule has 0 bridgehead atoms. The Hall–Kier alpha value is -2.36. The molecule has 0 aliphatic carbocycles. The van der Waals surface area contributed by atoms with Gasteiger partial charge in [-0.2, -0.15) is 0 Å². The van der Waals surface area contributed by atoms with Crippen LogP contribution in [0.4, 0.5) is 0 Å². The standard InChI is InChI=1S/C18H21NO3/c1-4-15(20)16-11-14(18(21)19-5-2)17(22-16)12(3)13-9-7-6-8-10-13/h6-12H,4-5H2,1-3H3,(H,19,21)/t12-/m1/s1. The minimum absolute atomic E-state index is 0.0998. The molecule has 4 heteroatoms. The van der Waals surface area contributed by atoms with Crippen LogP contribution in [-0.2, 0) is 0 Å². The summed E-state index contributed by atoms with van der Waals surface area (Å²) in [5.74, 6) is 0.379. The molecule has 4 nitrogen and oxygen atoms in total. The van der Waals surface area contributed by atoms with Gasteiger partial charge in [0.2, 0.25) is 0 Å². The van der Waals surface area contributed by atoms with Crippen molar-refractivity contribution >= 4 is 11.7 Å². The number of furan rings is 1. The Morgan fingerprint density at radius 1 is 1.18 bits per heavy atom. The fourth-order valence-electron chi connectivity index (χ4n) is 2.36. The van der Waals surface area contributed by atoms with Crippen molar-refractivity contribution in [2.45, 2.75) is 33.1 Å². The molecule has 116 valence electrons. The lowest BCUT2D eigenvalue weighted by Gasteiger charge is -2.11. The third-order valence-corrected chi connectivity index (χ3v) is 3.63. The maximum absolute atomic E-state index is 12.2. The number of nitrogens with one attached hydrogen (secondary N) is 1. The molecule has 0 unspecified atom stereocenters. The monoisotopic (exact) mass is 299 g/mol. The van der Waals surface area contributed by atoms with E-state index in [-0.39, 0.29) is 23.4 Å². The average molecular weight is 299 g/mol. The zero-order valence-electron chi connectivity index (χ0n) is 13.2. The van der Waals surface area contributed by atoms with E-state index in [0.717, 1.165) is 5.56 Å². The third kappa shape index (κ3) is 3.27. The highest BCUT2D eigenvalue weighted by Crippen LogP contribution is 2.30. The van der Waals surface area contributed by atoms with Crippen LogP contribution in [0.15, 0.2) is 40.8 Å². The predicted molar refractivity (Wildman–Crippen MR) is 85.3 cm³/mol. The molecular weight excluding hydrogens is 278 g/mol. The van der Waals surface area contributed by atoms with Gasteiger partial charge in [-0.15, -0.1) is 0 Å². The molecule has 0 radical (unpaired) electrons. The van der Waals surface area contributed by atoms with Crippen LogP contribution in [0, 0.1) is 0 Å². The molecule has 0 aliphatic rings. The molecule has 2 aromatic rings. The van der Waals surface area contributed by atoms with Crippen molar-refractivity contribution in [1.29, 1.82) is 0 Å². The van der Waals surface area contributed by atoms with E-state index in [1.165, 1.54) is 0 Å². The van der Waals surface area contributed by atoms with Gasteiger partial charge in [0.05, 0.1) is 5.56 Å². The summed E-state index contributed by atoms with van der Waals surface area (Å²) < 4.78 is 5.74. The first-order valence-electron chi connectivity index (χ1n) is 7.58. The molecule has 0 saturated carbocycles. The molecule has 2 rings (SSSR count). The number of benzene rings is 1. The Balaban J connectivity index is 2.45. The molecule has 0 aliphatic heterocycles. The van der Waals surface area contributed by atoms with E-state index in [0.29, 0.717) is 24.3 Å². The van der Waals surface area contributed by atoms with Crippen molar-refractivity contribution in [3.8, 4) is 0 Å². The van der Waals surface area contributed by atoms with Gasteiger partial charge in [0.25, 0.3) is 5.91 Å². The second kappa shape index (κ2) is 7.07. The molecule has 1 atom stereocenters. The highest BCUT2D eigenvalue weighted by atomic mass is 16.3. The lowest BCUT2D eigenvalue weighted by Crippen LogP contribution is -2.23. The molecule has 0 spiro atoms. The molecule has 0 fully saturated rings. The van der Waals surface area contributed by atoms with Gasteiger partial charge in [-0.05, 0) is 12.5 Å². The summed E-state index contributed by atoms with van der Waals surface area (Å²) in [7, 11) is 0. The van der Waals surface area contributed by atoms with E-state index in [9.17, 15) is 9.59 Å². The molecular formula is C18H21NO3. The van der Waals surface area contributed by atoms with Crippen LogP contribution in [0.25, 0.3) is 0 Å². The lowest BCUT2D eigenvalue weighted by molar-refractivity contribution is 0.0946. The second-order valence-electron chi connectivity index (χ2n) is 5.16. The Bertz CT molecular complexity index is 658. The number of rotatable bonds is 6. The Morgan fingerprint density at radius 2 is 1.86 bits per heavy atom. The van der Waals surface area contributed by atoms with Gasteiger partial charge in [0.1, 0.15) is 5.76 Å². The van der Waals surface area contributed by atoms with Gasteiger partial charge in [0, 0.05) is 24.9 Å². The van der Waals surface area contributed by atoms with Crippen LogP contribution in [0.3, 0.4) is 0 Å². The van der Waals surface area contributed by atoms with E-state index >= 15 is 0 Å². The van der Waals surface area contributed by atoms with Gasteiger partial charge in [-0.3, -0.25) is 9.59 Å². The van der Waals surface area contributed by atoms with E-state index in [4.69, 9.17) is 4.42 Å². The van der Waals surface area contributed by atoms with Gasteiger partial charge in [0.15, 0.2) is 11.5 Å². The maximum Gasteiger partial charge on any atom is 0.254 e. The summed E-state index contributed by atoms with van der Waals surface area (Å²) in [5.41, 5.74) is 1.48. The van der Waals surface area contributed by atoms with E-state index < -0.39 is 0 Å². The Labute approximate surface area is 130 Å². The fourth-order valence-corrected chi connectivity index (χ4v) is 2.36. The Morgan fingerprint density at radius 3 is 2.45 bits per heavy atom. The quantitative estimate of drug-likeness (QED) is 0.826. The van der Waals surface area contributed by atoms with Crippen LogP contribution in [0.2, 0.25) is 0 Å². The number of hydrogen-bond acceptors (Lipinski definition) is 3. The molecule has 22 heavy (non-hydrogen) atoms. The zero-order valence-corrected chi connectivity index (χ0v) is 13.2. The summed E-state index contributed by atoms with van der Waals surface area (Å²) >= 11 is 0. The van der Waals surface area contributed by atoms with Crippen molar-refractivity contribution in [3.63, 3.8) is 0 Å². The van der Waals surface area contributed by atoms with Gasteiger partial charge >= 0.3 is 0 Å². The van der Waals surface area contributed by atoms with Crippen molar-refractivity contribution in [1.82, 2.24) is 5.32 Å². The molecule has 0 saturated heterocycles. The molecule has 1 aromatic carbocycles. The smallest absolute Gasteiger partial charge is 0.254 e. The average Bonchev–Trinajstić information content (AvgIpc) is 2.99. The molecule has 1 heterocycles. The third-order valence-electron chi connectivity index (χ3n) is 3.63. The highest BCUT2D eigenvalue weighted by molar-refractivity contribution is 6.00. The van der Waals surface area contributed by atoms with Gasteiger partial charge < -0.3 is 9.73 Å². The summed E-state index contributed by atoms with van der Waals surface area (Å²) in [4.78, 5) is 24.1. The van der Waals surface area contributed by atoms with Crippen LogP contribution in [0.1, 0.15) is 65.3 Å². The van der Waals surface area contributed by atoms with Crippen LogP contribution in [0.5, 0.6) is 0 Å². The van der Waals surface area contributed by atoms with Crippen molar-refractivity contribution in [2.24, 2.45) is 0 Å². The Kier molecular flexibility index (Phi) is 5.15. The van der Waals surface area contributed by atoms with Gasteiger partial charge in [-0.1, -0.05) is 44.2 Å². The molecule has 1 aromatic heterocycles. The number of Topliss-reactive ketones (excluding diaryl/α,β-unsaturated/α-hetero) is 1. The SMILES string of the molecule is CCNC(=O)c1cc(C(=O)CC)oc1[C@H](C)c1ccccc1. The van der Waals surface area contributed by atoms with Gasteiger partial charge in [-0.25, -0.2) is 0 Å². The number of carbonyl (C=O) groups excluding carboxylic acids is 2. The van der Waals surface area contributed by atoms with E-state index in [1.54, 1.807) is 13.0 Å². The number of hydrogen-bond donors (Lipinski definition) is 1. The van der Waals surface area contributed by atoms with Crippen LogP contribution in [-0.4, -0.2) is 18.2 Å².